The molecular weight excluding hydrogens is 264 g/mol. The molecule has 0 aliphatic rings. The number of anilines is 1. The van der Waals surface area contributed by atoms with Crippen molar-refractivity contribution in [2.75, 3.05) is 32.6 Å². The first-order valence-electron chi connectivity index (χ1n) is 5.95. The number of nitrogens with two attached hydrogens (primary N) is 1. The summed E-state index contributed by atoms with van der Waals surface area (Å²) in [4.78, 5) is 23.3. The molecule has 110 valence electrons. The van der Waals surface area contributed by atoms with Gasteiger partial charge in [-0.1, -0.05) is 0 Å². The zero-order valence-corrected chi connectivity index (χ0v) is 11.4. The second-order valence-corrected chi connectivity index (χ2v) is 4.64. The third-order valence-electron chi connectivity index (χ3n) is 2.64. The number of nitro groups is 1. The summed E-state index contributed by atoms with van der Waals surface area (Å²) < 4.78 is 0. The highest BCUT2D eigenvalue weighted by Crippen LogP contribution is 2.22. The number of rotatable bonds is 7. The molecule has 1 rings (SSSR count). The van der Waals surface area contributed by atoms with Gasteiger partial charge in [0.2, 0.25) is 0 Å². The van der Waals surface area contributed by atoms with Crippen LogP contribution in [0.1, 0.15) is 10.4 Å². The van der Waals surface area contributed by atoms with Crippen molar-refractivity contribution < 1.29 is 14.8 Å². The Morgan fingerprint density at radius 3 is 2.65 bits per heavy atom. The molecule has 0 fully saturated rings. The Bertz CT molecular complexity index is 504. The minimum absolute atomic E-state index is 0.110. The molecule has 1 atom stereocenters. The number of benzene rings is 1. The van der Waals surface area contributed by atoms with Crippen molar-refractivity contribution in [1.29, 1.82) is 0 Å². The monoisotopic (exact) mass is 282 g/mol. The van der Waals surface area contributed by atoms with Gasteiger partial charge in [0.05, 0.1) is 17.6 Å². The first-order chi connectivity index (χ1) is 9.35. The lowest BCUT2D eigenvalue weighted by Gasteiger charge is -2.21. The van der Waals surface area contributed by atoms with Crippen molar-refractivity contribution in [1.82, 2.24) is 4.90 Å². The molecule has 4 N–H and O–H groups in total. The number of nitrogens with one attached hydrogen (secondary N) is 1. The van der Waals surface area contributed by atoms with Crippen LogP contribution in [0.25, 0.3) is 0 Å². The summed E-state index contributed by atoms with van der Waals surface area (Å²) in [6.45, 7) is 0.459. The van der Waals surface area contributed by atoms with E-state index >= 15 is 0 Å². The molecule has 0 saturated carbocycles. The topological polar surface area (TPSA) is 122 Å². The summed E-state index contributed by atoms with van der Waals surface area (Å²) in [5, 5.41) is 23.1. The Morgan fingerprint density at radius 2 is 2.20 bits per heavy atom. The molecule has 0 bridgehead atoms. The van der Waals surface area contributed by atoms with Gasteiger partial charge in [-0.2, -0.15) is 0 Å². The largest absolute Gasteiger partial charge is 0.394 e. The Balaban J connectivity index is 3.00. The molecule has 8 nitrogen and oxygen atoms in total. The first-order valence-corrected chi connectivity index (χ1v) is 5.95. The van der Waals surface area contributed by atoms with Gasteiger partial charge < -0.3 is 21.1 Å². The average molecular weight is 282 g/mol. The predicted octanol–water partition coefficient (Wildman–Crippen LogP) is 0.0281. The molecule has 0 aliphatic carbocycles. The number of hydrogen-bond acceptors (Lipinski definition) is 6. The van der Waals surface area contributed by atoms with Crippen molar-refractivity contribution in [2.24, 2.45) is 5.73 Å². The van der Waals surface area contributed by atoms with Gasteiger partial charge in [-0.25, -0.2) is 0 Å². The Morgan fingerprint density at radius 1 is 1.55 bits per heavy atom. The van der Waals surface area contributed by atoms with Crippen LogP contribution in [0.2, 0.25) is 0 Å². The molecule has 1 amide bonds. The van der Waals surface area contributed by atoms with Crippen LogP contribution in [0.15, 0.2) is 18.2 Å². The van der Waals surface area contributed by atoms with E-state index in [-0.39, 0.29) is 23.9 Å². The molecule has 0 aromatic heterocycles. The number of amides is 1. The van der Waals surface area contributed by atoms with E-state index < -0.39 is 10.8 Å². The highest BCUT2D eigenvalue weighted by molar-refractivity contribution is 5.97. The molecule has 0 heterocycles. The lowest BCUT2D eigenvalue weighted by Crippen LogP contribution is -2.35. The summed E-state index contributed by atoms with van der Waals surface area (Å²) in [6, 6.07) is 3.75. The molecule has 0 spiro atoms. The van der Waals surface area contributed by atoms with Crippen LogP contribution in [-0.2, 0) is 0 Å². The number of aliphatic hydroxyl groups is 1. The van der Waals surface area contributed by atoms with E-state index in [4.69, 9.17) is 5.73 Å². The highest BCUT2D eigenvalue weighted by atomic mass is 16.6. The quantitative estimate of drug-likeness (QED) is 0.479. The van der Waals surface area contributed by atoms with E-state index in [0.717, 1.165) is 0 Å². The molecule has 1 unspecified atom stereocenters. The average Bonchev–Trinajstić information content (AvgIpc) is 2.36. The van der Waals surface area contributed by atoms with E-state index in [1.165, 1.54) is 18.2 Å². The van der Waals surface area contributed by atoms with Gasteiger partial charge in [0.25, 0.3) is 11.6 Å². The Labute approximate surface area is 116 Å². The molecule has 1 aromatic carbocycles. The molecule has 20 heavy (non-hydrogen) atoms. The maximum atomic E-state index is 11.2. The van der Waals surface area contributed by atoms with E-state index in [2.05, 4.69) is 5.32 Å². The summed E-state index contributed by atoms with van der Waals surface area (Å²) in [6.07, 6.45) is 0. The van der Waals surface area contributed by atoms with E-state index in [9.17, 15) is 20.0 Å². The smallest absolute Gasteiger partial charge is 0.282 e. The van der Waals surface area contributed by atoms with Gasteiger partial charge in [-0.05, 0) is 26.2 Å². The van der Waals surface area contributed by atoms with Crippen LogP contribution >= 0.6 is 0 Å². The third kappa shape index (κ3) is 4.18. The van der Waals surface area contributed by atoms with Gasteiger partial charge in [0.15, 0.2) is 0 Å². The minimum Gasteiger partial charge on any atom is -0.394 e. The maximum Gasteiger partial charge on any atom is 0.282 e. The maximum absolute atomic E-state index is 11.2. The fourth-order valence-electron chi connectivity index (χ4n) is 1.81. The second-order valence-electron chi connectivity index (χ2n) is 4.64. The standard InChI is InChI=1S/C12H18N4O4/c1-15(2)6-9(7-17)14-8-3-4-11(16(19)20)10(5-8)12(13)18/h3-5,9,14,17H,6-7H2,1-2H3,(H2,13,18). The first kappa shape index (κ1) is 15.9. The lowest BCUT2D eigenvalue weighted by molar-refractivity contribution is -0.385. The second kappa shape index (κ2) is 6.83. The summed E-state index contributed by atoms with van der Waals surface area (Å²) >= 11 is 0. The fraction of sp³-hybridized carbons (Fsp3) is 0.417. The number of nitro benzene ring substituents is 1. The SMILES string of the molecule is CN(C)CC(CO)Nc1ccc([N+](=O)[O-])c(C(N)=O)c1. The van der Waals surface area contributed by atoms with Crippen LogP contribution < -0.4 is 11.1 Å². The zero-order valence-electron chi connectivity index (χ0n) is 11.4. The van der Waals surface area contributed by atoms with Crippen molar-refractivity contribution in [3.63, 3.8) is 0 Å². The Kier molecular flexibility index (Phi) is 5.42. The number of hydrogen-bond donors (Lipinski definition) is 3. The number of nitrogens with zero attached hydrogens (tertiary/aromatic N) is 2. The van der Waals surface area contributed by atoms with E-state index in [1.807, 2.05) is 19.0 Å². The number of carbonyl (C=O) groups excluding carboxylic acids is 1. The van der Waals surface area contributed by atoms with Gasteiger partial charge in [-0.3, -0.25) is 14.9 Å². The van der Waals surface area contributed by atoms with Crippen molar-refractivity contribution in [3.8, 4) is 0 Å². The van der Waals surface area contributed by atoms with E-state index in [1.54, 1.807) is 0 Å². The van der Waals surface area contributed by atoms with Crippen LogP contribution in [0.4, 0.5) is 11.4 Å². The molecule has 0 saturated heterocycles. The van der Waals surface area contributed by atoms with Gasteiger partial charge in [-0.15, -0.1) is 0 Å². The van der Waals surface area contributed by atoms with E-state index in [0.29, 0.717) is 12.2 Å². The number of aliphatic hydroxyl groups excluding tert-OH is 1. The lowest BCUT2D eigenvalue weighted by atomic mass is 10.1. The minimum atomic E-state index is -0.867. The third-order valence-corrected chi connectivity index (χ3v) is 2.64. The molecule has 1 aromatic rings. The van der Waals surface area contributed by atoms with Gasteiger partial charge in [0, 0.05) is 18.3 Å². The molecule has 8 heteroatoms. The predicted molar refractivity (Wildman–Crippen MR) is 74.7 cm³/mol. The van der Waals surface area contributed by atoms with Crippen LogP contribution in [0.5, 0.6) is 0 Å². The van der Waals surface area contributed by atoms with Crippen molar-refractivity contribution in [3.05, 3.63) is 33.9 Å². The van der Waals surface area contributed by atoms with Crippen molar-refractivity contribution in [2.45, 2.75) is 6.04 Å². The molecular formula is C12H18N4O4. The van der Waals surface area contributed by atoms with Crippen molar-refractivity contribution >= 4 is 17.3 Å². The normalized spacial score (nSPS) is 12.2. The fourth-order valence-corrected chi connectivity index (χ4v) is 1.81. The summed E-state index contributed by atoms with van der Waals surface area (Å²) in [5.41, 5.74) is 5.13. The molecule has 0 aliphatic heterocycles. The summed E-state index contributed by atoms with van der Waals surface area (Å²) in [7, 11) is 3.71. The number of likely N-dealkylation sites (N-methyl/N-ethyl adjacent to an activating group) is 1. The Hall–Kier alpha value is -2.19. The van der Waals surface area contributed by atoms with Gasteiger partial charge >= 0.3 is 0 Å². The number of carbonyl (C=O) groups is 1. The van der Waals surface area contributed by atoms with Gasteiger partial charge in [0.1, 0.15) is 5.56 Å². The number of primary amides is 1. The van der Waals surface area contributed by atoms with Crippen LogP contribution in [-0.4, -0.2) is 54.1 Å². The zero-order chi connectivity index (χ0) is 15.3. The molecule has 0 radical (unpaired) electrons. The highest BCUT2D eigenvalue weighted by Gasteiger charge is 2.19. The summed E-state index contributed by atoms with van der Waals surface area (Å²) in [5.74, 6) is -0.867. The van der Waals surface area contributed by atoms with Crippen LogP contribution in [0, 0.1) is 10.1 Å². The van der Waals surface area contributed by atoms with Crippen LogP contribution in [0.3, 0.4) is 0 Å².